The van der Waals surface area contributed by atoms with E-state index in [9.17, 15) is 4.79 Å². The average Bonchev–Trinajstić information content (AvgIpc) is 2.19. The molecule has 0 bridgehead atoms. The summed E-state index contributed by atoms with van der Waals surface area (Å²) >= 11 is 0. The van der Waals surface area contributed by atoms with Crippen molar-refractivity contribution in [3.63, 3.8) is 0 Å². The molecule has 0 radical (unpaired) electrons. The Morgan fingerprint density at radius 2 is 2.14 bits per heavy atom. The van der Waals surface area contributed by atoms with Crippen molar-refractivity contribution in [2.24, 2.45) is 0 Å². The summed E-state index contributed by atoms with van der Waals surface area (Å²) < 4.78 is 10.4. The Hall–Kier alpha value is -1.77. The fraction of sp³-hybridized carbons (Fsp3) is 0.182. The summed E-state index contributed by atoms with van der Waals surface area (Å²) in [5, 5.41) is 0.871. The van der Waals surface area contributed by atoms with Gasteiger partial charge in [0.2, 0.25) is 0 Å². The Morgan fingerprint density at radius 1 is 1.29 bits per heavy atom. The number of rotatable bonds is 2. The molecule has 0 amide bonds. The minimum atomic E-state index is -0.357. The third kappa shape index (κ3) is 1.48. The molecule has 0 N–H and O–H groups in total. The number of hydrogen-bond acceptors (Lipinski definition) is 3. The van der Waals surface area contributed by atoms with Crippen LogP contribution in [-0.2, 0) is 0 Å². The molecule has 0 unspecified atom stereocenters. The van der Waals surface area contributed by atoms with Crippen LogP contribution in [0, 0.1) is 0 Å². The summed E-state index contributed by atoms with van der Waals surface area (Å²) in [6, 6.07) is 8.66. The lowest BCUT2D eigenvalue weighted by Crippen LogP contribution is -1.97. The van der Waals surface area contributed by atoms with E-state index in [0.29, 0.717) is 17.9 Å². The average molecular weight is 190 g/mol. The first-order valence-corrected chi connectivity index (χ1v) is 4.47. The molecule has 0 fully saturated rings. The fourth-order valence-corrected chi connectivity index (χ4v) is 1.33. The second kappa shape index (κ2) is 3.54. The summed E-state index contributed by atoms with van der Waals surface area (Å²) in [7, 11) is 0. The maximum Gasteiger partial charge on any atom is 0.336 e. The van der Waals surface area contributed by atoms with Gasteiger partial charge in [-0.3, -0.25) is 0 Å². The molecule has 72 valence electrons. The van der Waals surface area contributed by atoms with Crippen molar-refractivity contribution in [1.29, 1.82) is 0 Å². The maximum atomic E-state index is 11.0. The van der Waals surface area contributed by atoms with E-state index in [1.54, 1.807) is 12.1 Å². The first-order valence-electron chi connectivity index (χ1n) is 4.47. The van der Waals surface area contributed by atoms with Gasteiger partial charge in [0.15, 0.2) is 11.3 Å². The summed E-state index contributed by atoms with van der Waals surface area (Å²) in [5.74, 6) is 0.614. The Balaban J connectivity index is 2.71. The van der Waals surface area contributed by atoms with Crippen LogP contribution in [0.3, 0.4) is 0 Å². The molecule has 14 heavy (non-hydrogen) atoms. The van der Waals surface area contributed by atoms with Gasteiger partial charge in [0, 0.05) is 11.5 Å². The van der Waals surface area contributed by atoms with Crippen molar-refractivity contribution < 1.29 is 9.15 Å². The van der Waals surface area contributed by atoms with Crippen LogP contribution in [0.5, 0.6) is 5.75 Å². The quantitative estimate of drug-likeness (QED) is 0.681. The summed E-state index contributed by atoms with van der Waals surface area (Å²) in [5.41, 5.74) is 0.159. The van der Waals surface area contributed by atoms with Gasteiger partial charge in [-0.15, -0.1) is 0 Å². The number of para-hydroxylation sites is 1. The minimum Gasteiger partial charge on any atom is -0.490 e. The Bertz CT molecular complexity index is 499. The largest absolute Gasteiger partial charge is 0.490 e. The van der Waals surface area contributed by atoms with Gasteiger partial charge in [0.1, 0.15) is 0 Å². The zero-order valence-electron chi connectivity index (χ0n) is 7.82. The van der Waals surface area contributed by atoms with Crippen molar-refractivity contribution in [3.05, 3.63) is 40.8 Å². The fourth-order valence-electron chi connectivity index (χ4n) is 1.33. The third-order valence-corrected chi connectivity index (χ3v) is 1.91. The van der Waals surface area contributed by atoms with Gasteiger partial charge in [-0.2, -0.15) is 0 Å². The van der Waals surface area contributed by atoms with Gasteiger partial charge in [0.25, 0.3) is 0 Å². The lowest BCUT2D eigenvalue weighted by atomic mass is 10.2. The molecule has 0 aliphatic heterocycles. The highest BCUT2D eigenvalue weighted by Crippen LogP contribution is 2.23. The number of benzene rings is 1. The molecule has 3 nitrogen and oxygen atoms in total. The summed E-state index contributed by atoms with van der Waals surface area (Å²) in [4.78, 5) is 11.0. The van der Waals surface area contributed by atoms with E-state index in [0.717, 1.165) is 5.39 Å². The highest BCUT2D eigenvalue weighted by atomic mass is 16.5. The monoisotopic (exact) mass is 190 g/mol. The highest BCUT2D eigenvalue weighted by Gasteiger charge is 2.03. The molecule has 0 aliphatic carbocycles. The third-order valence-electron chi connectivity index (χ3n) is 1.91. The first kappa shape index (κ1) is 8.81. The van der Waals surface area contributed by atoms with E-state index >= 15 is 0 Å². The second-order valence-corrected chi connectivity index (χ2v) is 2.86. The molecular weight excluding hydrogens is 180 g/mol. The van der Waals surface area contributed by atoms with Gasteiger partial charge in [-0.25, -0.2) is 4.79 Å². The van der Waals surface area contributed by atoms with E-state index < -0.39 is 0 Å². The lowest BCUT2D eigenvalue weighted by Gasteiger charge is -2.04. The van der Waals surface area contributed by atoms with Crippen molar-refractivity contribution in [3.8, 4) is 5.75 Å². The van der Waals surface area contributed by atoms with Gasteiger partial charge < -0.3 is 9.15 Å². The zero-order chi connectivity index (χ0) is 9.97. The van der Waals surface area contributed by atoms with Crippen LogP contribution < -0.4 is 10.4 Å². The summed E-state index contributed by atoms with van der Waals surface area (Å²) in [6.45, 7) is 2.44. The van der Waals surface area contributed by atoms with Crippen LogP contribution >= 0.6 is 0 Å². The molecule has 0 atom stereocenters. The van der Waals surface area contributed by atoms with Crippen LogP contribution in [0.15, 0.2) is 39.5 Å². The van der Waals surface area contributed by atoms with Crippen LogP contribution in [0.1, 0.15) is 6.92 Å². The SMILES string of the molecule is CCOc1cccc2ccc(=O)oc12. The predicted octanol–water partition coefficient (Wildman–Crippen LogP) is 2.19. The topological polar surface area (TPSA) is 39.4 Å². The lowest BCUT2D eigenvalue weighted by molar-refractivity contribution is 0.337. The Labute approximate surface area is 80.9 Å². The number of ether oxygens (including phenoxy) is 1. The van der Waals surface area contributed by atoms with Crippen LogP contribution in [0.25, 0.3) is 11.0 Å². The molecule has 0 aliphatic rings. The van der Waals surface area contributed by atoms with Gasteiger partial charge in [-0.1, -0.05) is 12.1 Å². The molecule has 0 saturated carbocycles. The van der Waals surface area contributed by atoms with Crippen LogP contribution in [0.4, 0.5) is 0 Å². The van der Waals surface area contributed by atoms with Crippen molar-refractivity contribution in [1.82, 2.24) is 0 Å². The minimum absolute atomic E-state index is 0.357. The van der Waals surface area contributed by atoms with E-state index in [-0.39, 0.29) is 5.63 Å². The molecule has 1 heterocycles. The molecule has 1 aromatic heterocycles. The van der Waals surface area contributed by atoms with Crippen molar-refractivity contribution in [2.75, 3.05) is 6.61 Å². The van der Waals surface area contributed by atoms with E-state index in [1.807, 2.05) is 19.1 Å². The molecule has 2 rings (SSSR count). The van der Waals surface area contributed by atoms with Gasteiger partial charge in [-0.05, 0) is 19.1 Å². The molecule has 1 aromatic carbocycles. The van der Waals surface area contributed by atoms with Gasteiger partial charge in [0.05, 0.1) is 6.61 Å². The van der Waals surface area contributed by atoms with Crippen LogP contribution in [-0.4, -0.2) is 6.61 Å². The first-order chi connectivity index (χ1) is 6.81. The Kier molecular flexibility index (Phi) is 2.23. The zero-order valence-corrected chi connectivity index (χ0v) is 7.82. The highest BCUT2D eigenvalue weighted by molar-refractivity contribution is 5.82. The van der Waals surface area contributed by atoms with E-state index in [2.05, 4.69) is 0 Å². The van der Waals surface area contributed by atoms with E-state index in [1.165, 1.54) is 6.07 Å². The maximum absolute atomic E-state index is 11.0. The number of fused-ring (bicyclic) bond motifs is 1. The molecule has 3 heteroatoms. The van der Waals surface area contributed by atoms with Crippen molar-refractivity contribution in [2.45, 2.75) is 6.92 Å². The molecule has 2 aromatic rings. The standard InChI is InChI=1S/C11H10O3/c1-2-13-9-5-3-4-8-6-7-10(12)14-11(8)9/h3-7H,2H2,1H3. The van der Waals surface area contributed by atoms with Crippen LogP contribution in [0.2, 0.25) is 0 Å². The Morgan fingerprint density at radius 3 is 2.93 bits per heavy atom. The molecular formula is C11H10O3. The number of hydrogen-bond donors (Lipinski definition) is 0. The van der Waals surface area contributed by atoms with Crippen molar-refractivity contribution >= 4 is 11.0 Å². The van der Waals surface area contributed by atoms with E-state index in [4.69, 9.17) is 9.15 Å². The predicted molar refractivity (Wildman–Crippen MR) is 53.7 cm³/mol. The molecule has 0 spiro atoms. The second-order valence-electron chi connectivity index (χ2n) is 2.86. The molecule has 0 saturated heterocycles. The van der Waals surface area contributed by atoms with Gasteiger partial charge >= 0.3 is 5.63 Å². The summed E-state index contributed by atoms with van der Waals surface area (Å²) in [6.07, 6.45) is 0. The smallest absolute Gasteiger partial charge is 0.336 e. The normalized spacial score (nSPS) is 10.4.